The molecule has 0 amide bonds. The van der Waals surface area contributed by atoms with E-state index in [1.807, 2.05) is 0 Å². The van der Waals surface area contributed by atoms with Crippen LogP contribution in [0.4, 0.5) is 8.78 Å². The van der Waals surface area contributed by atoms with Gasteiger partial charge in [-0.25, -0.2) is 8.78 Å². The van der Waals surface area contributed by atoms with Crippen LogP contribution in [0.3, 0.4) is 0 Å². The number of ketones is 1. The van der Waals surface area contributed by atoms with Crippen LogP contribution >= 0.6 is 0 Å². The molecule has 0 unspecified atom stereocenters. The highest BCUT2D eigenvalue weighted by Crippen LogP contribution is 2.13. The van der Waals surface area contributed by atoms with Gasteiger partial charge in [0.1, 0.15) is 17.4 Å². The molecule has 0 fully saturated rings. The predicted molar refractivity (Wildman–Crippen MR) is 67.8 cm³/mol. The summed E-state index contributed by atoms with van der Waals surface area (Å²) >= 11 is 0. The number of benzene rings is 2. The van der Waals surface area contributed by atoms with E-state index in [-0.39, 0.29) is 17.1 Å². The molecule has 2 nitrogen and oxygen atoms in total. The van der Waals surface area contributed by atoms with Crippen LogP contribution in [0.5, 0.6) is 5.75 Å². The third-order valence-corrected chi connectivity index (χ3v) is 2.53. The summed E-state index contributed by atoms with van der Waals surface area (Å²) in [5.41, 5.74) is 0.505. The summed E-state index contributed by atoms with van der Waals surface area (Å²) in [6, 6.07) is 8.83. The van der Waals surface area contributed by atoms with Crippen molar-refractivity contribution in [3.63, 3.8) is 0 Å². The van der Waals surface area contributed by atoms with Crippen LogP contribution in [0.1, 0.15) is 15.9 Å². The summed E-state index contributed by atoms with van der Waals surface area (Å²) in [7, 11) is 0. The SMILES string of the molecule is O=C(/C=C/c1ccc(F)cc1F)c1ccc(O)cc1. The Morgan fingerprint density at radius 2 is 1.74 bits per heavy atom. The van der Waals surface area contributed by atoms with Gasteiger partial charge in [0, 0.05) is 17.2 Å². The first-order valence-electron chi connectivity index (χ1n) is 5.53. The van der Waals surface area contributed by atoms with Crippen molar-refractivity contribution in [1.82, 2.24) is 0 Å². The van der Waals surface area contributed by atoms with Crippen LogP contribution in [0.25, 0.3) is 6.08 Å². The lowest BCUT2D eigenvalue weighted by Gasteiger charge is -1.98. The second-order valence-corrected chi connectivity index (χ2v) is 3.91. The largest absolute Gasteiger partial charge is 0.508 e. The number of phenols is 1. The third kappa shape index (κ3) is 3.25. The Kier molecular flexibility index (Phi) is 3.71. The molecule has 4 heteroatoms. The maximum absolute atomic E-state index is 13.3. The molecule has 0 spiro atoms. The number of hydrogen-bond acceptors (Lipinski definition) is 2. The molecular weight excluding hydrogens is 250 g/mol. The first-order chi connectivity index (χ1) is 9.06. The van der Waals surface area contributed by atoms with Gasteiger partial charge in [-0.1, -0.05) is 0 Å². The van der Waals surface area contributed by atoms with Crippen molar-refractivity contribution in [2.75, 3.05) is 0 Å². The van der Waals surface area contributed by atoms with E-state index in [0.717, 1.165) is 12.1 Å². The van der Waals surface area contributed by atoms with Gasteiger partial charge in [0.25, 0.3) is 0 Å². The summed E-state index contributed by atoms with van der Waals surface area (Å²) in [5, 5.41) is 9.09. The highest BCUT2D eigenvalue weighted by Gasteiger charge is 2.03. The molecule has 2 aromatic rings. The molecule has 1 N–H and O–H groups in total. The summed E-state index contributed by atoms with van der Waals surface area (Å²) in [4.78, 5) is 11.7. The minimum Gasteiger partial charge on any atom is -0.508 e. The minimum atomic E-state index is -0.727. The van der Waals surface area contributed by atoms with Gasteiger partial charge in [0.05, 0.1) is 0 Å². The summed E-state index contributed by atoms with van der Waals surface area (Å²) < 4.78 is 26.0. The van der Waals surface area contributed by atoms with Crippen molar-refractivity contribution < 1.29 is 18.7 Å². The molecule has 96 valence electrons. The lowest BCUT2D eigenvalue weighted by Crippen LogP contribution is -1.93. The van der Waals surface area contributed by atoms with Gasteiger partial charge in [-0.3, -0.25) is 4.79 Å². The first kappa shape index (κ1) is 13.0. The smallest absolute Gasteiger partial charge is 0.185 e. The van der Waals surface area contributed by atoms with Crippen LogP contribution in [0.15, 0.2) is 48.5 Å². The highest BCUT2D eigenvalue weighted by atomic mass is 19.1. The fraction of sp³-hybridized carbons (Fsp3) is 0. The van der Waals surface area contributed by atoms with Crippen LogP contribution < -0.4 is 0 Å². The van der Waals surface area contributed by atoms with E-state index in [9.17, 15) is 13.6 Å². The Hall–Kier alpha value is -2.49. The van der Waals surface area contributed by atoms with Gasteiger partial charge in [-0.15, -0.1) is 0 Å². The topological polar surface area (TPSA) is 37.3 Å². The predicted octanol–water partition coefficient (Wildman–Crippen LogP) is 3.57. The van der Waals surface area contributed by atoms with Crippen molar-refractivity contribution in [3.8, 4) is 5.75 Å². The molecule has 0 saturated heterocycles. The Morgan fingerprint density at radius 1 is 1.05 bits per heavy atom. The van der Waals surface area contributed by atoms with Crippen LogP contribution in [-0.4, -0.2) is 10.9 Å². The maximum atomic E-state index is 13.3. The Bertz CT molecular complexity index is 631. The Morgan fingerprint density at radius 3 is 2.37 bits per heavy atom. The van der Waals surface area contributed by atoms with Gasteiger partial charge < -0.3 is 5.11 Å². The fourth-order valence-corrected chi connectivity index (χ4v) is 1.52. The van der Waals surface area contributed by atoms with Crippen LogP contribution in [0, 0.1) is 11.6 Å². The van der Waals surface area contributed by atoms with E-state index >= 15 is 0 Å². The van der Waals surface area contributed by atoms with Crippen molar-refractivity contribution in [1.29, 1.82) is 0 Å². The maximum Gasteiger partial charge on any atom is 0.185 e. The molecule has 2 rings (SSSR count). The number of rotatable bonds is 3. The molecule has 0 bridgehead atoms. The van der Waals surface area contributed by atoms with Gasteiger partial charge in [-0.05, 0) is 48.6 Å². The number of allylic oxidation sites excluding steroid dienone is 1. The molecule has 0 saturated carbocycles. The van der Waals surface area contributed by atoms with Crippen molar-refractivity contribution in [2.45, 2.75) is 0 Å². The van der Waals surface area contributed by atoms with E-state index in [1.54, 1.807) is 0 Å². The lowest BCUT2D eigenvalue weighted by molar-refractivity contribution is 0.104. The quantitative estimate of drug-likeness (QED) is 0.676. The minimum absolute atomic E-state index is 0.0603. The number of phenolic OH excluding ortho intramolecular Hbond substituents is 1. The Labute approximate surface area is 108 Å². The molecule has 19 heavy (non-hydrogen) atoms. The summed E-state index contributed by atoms with van der Waals surface area (Å²) in [5.74, 6) is -1.66. The molecule has 0 atom stereocenters. The third-order valence-electron chi connectivity index (χ3n) is 2.53. The highest BCUT2D eigenvalue weighted by molar-refractivity contribution is 6.06. The molecule has 0 radical (unpaired) electrons. The standard InChI is InChI=1S/C15H10F2O2/c16-12-5-1-10(14(17)9-12)4-8-15(19)11-2-6-13(18)7-3-11/h1-9,18H/b8-4+. The van der Waals surface area contributed by atoms with E-state index in [1.165, 1.54) is 42.5 Å². The second-order valence-electron chi connectivity index (χ2n) is 3.91. The zero-order valence-corrected chi connectivity index (χ0v) is 9.81. The van der Waals surface area contributed by atoms with E-state index in [0.29, 0.717) is 5.56 Å². The average molecular weight is 260 g/mol. The van der Waals surface area contributed by atoms with Gasteiger partial charge in [-0.2, -0.15) is 0 Å². The van der Waals surface area contributed by atoms with Crippen LogP contribution in [-0.2, 0) is 0 Å². The van der Waals surface area contributed by atoms with E-state index < -0.39 is 11.6 Å². The monoisotopic (exact) mass is 260 g/mol. The molecule has 2 aromatic carbocycles. The molecule has 0 aromatic heterocycles. The van der Waals surface area contributed by atoms with E-state index in [4.69, 9.17) is 5.11 Å². The van der Waals surface area contributed by atoms with E-state index in [2.05, 4.69) is 0 Å². The van der Waals surface area contributed by atoms with Crippen molar-refractivity contribution >= 4 is 11.9 Å². The zero-order valence-electron chi connectivity index (χ0n) is 9.81. The fourth-order valence-electron chi connectivity index (χ4n) is 1.52. The first-order valence-corrected chi connectivity index (χ1v) is 5.53. The normalized spacial score (nSPS) is 10.8. The summed E-state index contributed by atoms with van der Waals surface area (Å²) in [6.07, 6.45) is 2.48. The van der Waals surface area contributed by atoms with Crippen molar-refractivity contribution in [3.05, 3.63) is 71.3 Å². The molecule has 0 heterocycles. The number of aromatic hydroxyl groups is 1. The Balaban J connectivity index is 2.18. The average Bonchev–Trinajstić information content (AvgIpc) is 2.38. The molecular formula is C15H10F2O2. The summed E-state index contributed by atoms with van der Waals surface area (Å²) in [6.45, 7) is 0. The number of hydrogen-bond donors (Lipinski definition) is 1. The molecule has 0 aliphatic carbocycles. The molecule has 0 aliphatic heterocycles. The van der Waals surface area contributed by atoms with Gasteiger partial charge in [0.2, 0.25) is 0 Å². The lowest BCUT2D eigenvalue weighted by atomic mass is 10.1. The van der Waals surface area contributed by atoms with Crippen LogP contribution in [0.2, 0.25) is 0 Å². The molecule has 0 aliphatic rings. The number of carbonyl (C=O) groups is 1. The zero-order chi connectivity index (χ0) is 13.8. The van der Waals surface area contributed by atoms with Gasteiger partial charge in [0.15, 0.2) is 5.78 Å². The van der Waals surface area contributed by atoms with Crippen molar-refractivity contribution in [2.24, 2.45) is 0 Å². The number of carbonyl (C=O) groups excluding carboxylic acids is 1. The van der Waals surface area contributed by atoms with Gasteiger partial charge >= 0.3 is 0 Å². The number of halogens is 2. The second kappa shape index (κ2) is 5.44.